The first kappa shape index (κ1) is 16.1. The lowest BCUT2D eigenvalue weighted by Crippen LogP contribution is -2.09. The number of unbranched alkanes of at least 4 members (excludes halogenated alkanes) is 3. The van der Waals surface area contributed by atoms with Gasteiger partial charge >= 0.3 is 0 Å². The van der Waals surface area contributed by atoms with E-state index in [0.29, 0.717) is 5.95 Å². The van der Waals surface area contributed by atoms with E-state index in [-0.39, 0.29) is 0 Å². The quantitative estimate of drug-likeness (QED) is 0.643. The second kappa shape index (κ2) is 9.89. The van der Waals surface area contributed by atoms with E-state index in [0.717, 1.165) is 24.5 Å². The van der Waals surface area contributed by atoms with Crippen molar-refractivity contribution >= 4 is 23.5 Å². The van der Waals surface area contributed by atoms with Crippen LogP contribution in [0.5, 0.6) is 0 Å². The summed E-state index contributed by atoms with van der Waals surface area (Å²) in [7, 11) is 0. The zero-order valence-corrected chi connectivity index (χ0v) is 13.1. The molecule has 0 saturated heterocycles. The molecule has 0 aliphatic rings. The number of nitrogens with zero attached hydrogens (tertiary/aromatic N) is 2. The Hall–Kier alpha value is -0.970. The second-order valence-corrected chi connectivity index (χ2v) is 5.57. The van der Waals surface area contributed by atoms with E-state index < -0.39 is 0 Å². The topological polar surface area (TPSA) is 49.8 Å². The largest absolute Gasteiger partial charge is 0.370 e. The van der Waals surface area contributed by atoms with E-state index in [4.69, 9.17) is 0 Å². The van der Waals surface area contributed by atoms with E-state index in [1.807, 2.05) is 31.8 Å². The number of hydrogen-bond donors (Lipinski definition) is 2. The van der Waals surface area contributed by atoms with E-state index in [1.165, 1.54) is 31.4 Å². The van der Waals surface area contributed by atoms with Crippen LogP contribution in [0.3, 0.4) is 0 Å². The fourth-order valence-electron chi connectivity index (χ4n) is 1.80. The van der Waals surface area contributed by atoms with Crippen LogP contribution < -0.4 is 10.6 Å². The van der Waals surface area contributed by atoms with Gasteiger partial charge < -0.3 is 10.6 Å². The van der Waals surface area contributed by atoms with Gasteiger partial charge in [0.2, 0.25) is 5.95 Å². The molecule has 1 aromatic rings. The molecule has 0 bridgehead atoms. The molecule has 0 radical (unpaired) electrons. The lowest BCUT2D eigenvalue weighted by atomic mass is 10.2. The highest BCUT2D eigenvalue weighted by molar-refractivity contribution is 7.98. The maximum Gasteiger partial charge on any atom is 0.224 e. The minimum absolute atomic E-state index is 0.704. The molecule has 0 unspecified atom stereocenters. The molecule has 4 nitrogen and oxygen atoms in total. The third-order valence-corrected chi connectivity index (χ3v) is 3.57. The molecule has 0 atom stereocenters. The Morgan fingerprint density at radius 2 is 1.95 bits per heavy atom. The first-order chi connectivity index (χ1) is 9.27. The molecule has 0 aliphatic heterocycles. The first-order valence-electron chi connectivity index (χ1n) is 7.08. The third kappa shape index (κ3) is 6.66. The summed E-state index contributed by atoms with van der Waals surface area (Å²) in [4.78, 5) is 8.71. The Labute approximate surface area is 121 Å². The SMILES string of the molecule is CCNc1ncc(C)c(NCCCCCCSC)n1. The van der Waals surface area contributed by atoms with Crippen LogP contribution in [0.1, 0.15) is 38.2 Å². The summed E-state index contributed by atoms with van der Waals surface area (Å²) in [5.74, 6) is 2.94. The van der Waals surface area contributed by atoms with Crippen LogP contribution in [0.4, 0.5) is 11.8 Å². The van der Waals surface area contributed by atoms with Crippen molar-refractivity contribution in [3.05, 3.63) is 11.8 Å². The molecule has 1 rings (SSSR count). The Bertz CT molecular complexity index is 357. The van der Waals surface area contributed by atoms with Crippen molar-refractivity contribution in [1.29, 1.82) is 0 Å². The molecule has 0 saturated carbocycles. The van der Waals surface area contributed by atoms with Crippen molar-refractivity contribution in [3.8, 4) is 0 Å². The molecular weight excluding hydrogens is 256 g/mol. The fourth-order valence-corrected chi connectivity index (χ4v) is 2.29. The zero-order valence-electron chi connectivity index (χ0n) is 12.3. The highest BCUT2D eigenvalue weighted by Crippen LogP contribution is 2.13. The van der Waals surface area contributed by atoms with Crippen LogP contribution in [0.15, 0.2) is 6.20 Å². The van der Waals surface area contributed by atoms with Crippen LogP contribution in [-0.4, -0.2) is 35.1 Å². The molecule has 0 spiro atoms. The average Bonchev–Trinajstić information content (AvgIpc) is 2.41. The van der Waals surface area contributed by atoms with Gasteiger partial charge in [-0.1, -0.05) is 12.8 Å². The first-order valence-corrected chi connectivity index (χ1v) is 8.47. The third-order valence-electron chi connectivity index (χ3n) is 2.87. The van der Waals surface area contributed by atoms with Gasteiger partial charge in [-0.3, -0.25) is 0 Å². The van der Waals surface area contributed by atoms with Crippen LogP contribution >= 0.6 is 11.8 Å². The van der Waals surface area contributed by atoms with Gasteiger partial charge in [0.25, 0.3) is 0 Å². The Morgan fingerprint density at radius 1 is 1.16 bits per heavy atom. The van der Waals surface area contributed by atoms with Gasteiger partial charge in [-0.25, -0.2) is 4.98 Å². The summed E-state index contributed by atoms with van der Waals surface area (Å²) in [5, 5.41) is 6.54. The van der Waals surface area contributed by atoms with Gasteiger partial charge in [0.1, 0.15) is 5.82 Å². The normalized spacial score (nSPS) is 10.5. The molecule has 1 aromatic heterocycles. The summed E-state index contributed by atoms with van der Waals surface area (Å²) >= 11 is 1.93. The predicted octanol–water partition coefficient (Wildman–Crippen LogP) is 3.55. The summed E-state index contributed by atoms with van der Waals surface area (Å²) in [6.45, 7) is 5.92. The van der Waals surface area contributed by atoms with Gasteiger partial charge in [0.15, 0.2) is 0 Å². The number of rotatable bonds is 10. The summed E-state index contributed by atoms with van der Waals surface area (Å²) < 4.78 is 0. The van der Waals surface area contributed by atoms with Crippen molar-refractivity contribution in [3.63, 3.8) is 0 Å². The van der Waals surface area contributed by atoms with Crippen molar-refractivity contribution in [2.24, 2.45) is 0 Å². The number of nitrogens with one attached hydrogen (secondary N) is 2. The minimum Gasteiger partial charge on any atom is -0.370 e. The number of anilines is 2. The van der Waals surface area contributed by atoms with Crippen molar-refractivity contribution < 1.29 is 0 Å². The molecule has 0 amide bonds. The Balaban J connectivity index is 2.26. The van der Waals surface area contributed by atoms with E-state index in [9.17, 15) is 0 Å². The predicted molar refractivity (Wildman–Crippen MR) is 86.3 cm³/mol. The monoisotopic (exact) mass is 282 g/mol. The summed E-state index contributed by atoms with van der Waals surface area (Å²) in [5.41, 5.74) is 1.10. The molecule has 19 heavy (non-hydrogen) atoms. The molecule has 108 valence electrons. The molecule has 2 N–H and O–H groups in total. The highest BCUT2D eigenvalue weighted by Gasteiger charge is 2.02. The second-order valence-electron chi connectivity index (χ2n) is 4.59. The lowest BCUT2D eigenvalue weighted by Gasteiger charge is -2.10. The lowest BCUT2D eigenvalue weighted by molar-refractivity contribution is 0.688. The molecule has 5 heteroatoms. The smallest absolute Gasteiger partial charge is 0.224 e. The zero-order chi connectivity index (χ0) is 13.9. The number of hydrogen-bond acceptors (Lipinski definition) is 5. The van der Waals surface area contributed by atoms with Gasteiger partial charge in [-0.2, -0.15) is 16.7 Å². The molecular formula is C14H26N4S. The van der Waals surface area contributed by atoms with E-state index >= 15 is 0 Å². The van der Waals surface area contributed by atoms with Crippen LogP contribution in [0.25, 0.3) is 0 Å². The maximum absolute atomic E-state index is 4.47. The molecule has 0 aliphatic carbocycles. The molecule has 0 fully saturated rings. The Kier molecular flexibility index (Phi) is 8.38. The minimum atomic E-state index is 0.704. The van der Waals surface area contributed by atoms with Crippen molar-refractivity contribution in [2.45, 2.75) is 39.5 Å². The van der Waals surface area contributed by atoms with Gasteiger partial charge in [0.05, 0.1) is 0 Å². The Morgan fingerprint density at radius 3 is 2.68 bits per heavy atom. The number of aryl methyl sites for hydroxylation is 1. The van der Waals surface area contributed by atoms with Gasteiger partial charge in [-0.15, -0.1) is 0 Å². The highest BCUT2D eigenvalue weighted by atomic mass is 32.2. The number of aromatic nitrogens is 2. The maximum atomic E-state index is 4.47. The molecule has 0 aromatic carbocycles. The van der Waals surface area contributed by atoms with E-state index in [1.54, 1.807) is 0 Å². The van der Waals surface area contributed by atoms with Gasteiger partial charge in [-0.05, 0) is 38.7 Å². The average molecular weight is 282 g/mol. The van der Waals surface area contributed by atoms with Crippen LogP contribution in [0.2, 0.25) is 0 Å². The van der Waals surface area contributed by atoms with Crippen molar-refractivity contribution in [1.82, 2.24) is 9.97 Å². The van der Waals surface area contributed by atoms with E-state index in [2.05, 4.69) is 26.9 Å². The number of thioether (sulfide) groups is 1. The molecule has 1 heterocycles. The fraction of sp³-hybridized carbons (Fsp3) is 0.714. The van der Waals surface area contributed by atoms with Crippen molar-refractivity contribution in [2.75, 3.05) is 35.7 Å². The summed E-state index contributed by atoms with van der Waals surface area (Å²) in [6.07, 6.45) is 9.19. The van der Waals surface area contributed by atoms with Gasteiger partial charge in [0, 0.05) is 24.8 Å². The van der Waals surface area contributed by atoms with Crippen LogP contribution in [-0.2, 0) is 0 Å². The van der Waals surface area contributed by atoms with Crippen LogP contribution in [0, 0.1) is 6.92 Å². The summed E-state index contributed by atoms with van der Waals surface area (Å²) in [6, 6.07) is 0. The standard InChI is InChI=1S/C14H26N4S/c1-4-15-14-17-11-12(2)13(18-14)16-9-7-5-6-8-10-19-3/h11H,4-10H2,1-3H3,(H2,15,16,17,18).